The second-order valence-corrected chi connectivity index (χ2v) is 7.83. The average Bonchev–Trinajstić information content (AvgIpc) is 2.82. The smallest absolute Gasteiger partial charge is 0.0278 e. The van der Waals surface area contributed by atoms with Crippen LogP contribution in [0.25, 0.3) is 0 Å². The van der Waals surface area contributed by atoms with E-state index in [0.717, 1.165) is 12.5 Å². The fourth-order valence-corrected chi connectivity index (χ4v) is 3.60. The second kappa shape index (κ2) is 6.38. The molecule has 0 amide bonds. The van der Waals surface area contributed by atoms with Crippen molar-refractivity contribution in [3.05, 3.63) is 22.4 Å². The Labute approximate surface area is 122 Å². The topological polar surface area (TPSA) is 15.3 Å². The highest BCUT2D eigenvalue weighted by atomic mass is 32.1. The highest BCUT2D eigenvalue weighted by Gasteiger charge is 2.33. The van der Waals surface area contributed by atoms with Crippen molar-refractivity contribution in [2.24, 2.45) is 5.92 Å². The molecule has 2 rings (SSSR count). The van der Waals surface area contributed by atoms with E-state index < -0.39 is 0 Å². The normalized spacial score (nSPS) is 23.9. The van der Waals surface area contributed by atoms with Crippen LogP contribution in [0.1, 0.15) is 39.0 Å². The molecule has 0 bridgehead atoms. The van der Waals surface area contributed by atoms with Crippen LogP contribution in [0.4, 0.5) is 0 Å². The number of piperazine rings is 1. The van der Waals surface area contributed by atoms with E-state index in [1.54, 1.807) is 0 Å². The lowest BCUT2D eigenvalue weighted by molar-refractivity contribution is 0.0622. The first-order valence-corrected chi connectivity index (χ1v) is 8.36. The first-order chi connectivity index (χ1) is 8.97. The summed E-state index contributed by atoms with van der Waals surface area (Å²) in [5, 5.41) is 5.91. The largest absolute Gasteiger partial charge is 0.311 e. The molecular weight excluding hydrogens is 252 g/mol. The predicted molar refractivity (Wildman–Crippen MR) is 84.9 cm³/mol. The van der Waals surface area contributed by atoms with E-state index in [-0.39, 0.29) is 5.54 Å². The average molecular weight is 280 g/mol. The van der Waals surface area contributed by atoms with Gasteiger partial charge in [0.15, 0.2) is 0 Å². The summed E-state index contributed by atoms with van der Waals surface area (Å²) in [6, 6.07) is 5.08. The SMILES string of the molecule is CC(C)CC1CN(CCc2cccs2)C(C)(C)CN1. The van der Waals surface area contributed by atoms with Gasteiger partial charge < -0.3 is 5.32 Å². The van der Waals surface area contributed by atoms with Gasteiger partial charge in [-0.15, -0.1) is 11.3 Å². The van der Waals surface area contributed by atoms with Crippen molar-refractivity contribution in [2.45, 2.75) is 52.1 Å². The minimum absolute atomic E-state index is 0.282. The van der Waals surface area contributed by atoms with Crippen molar-refractivity contribution in [3.63, 3.8) is 0 Å². The molecule has 0 radical (unpaired) electrons. The molecule has 0 spiro atoms. The number of nitrogens with zero attached hydrogens (tertiary/aromatic N) is 1. The van der Waals surface area contributed by atoms with Gasteiger partial charge in [0.25, 0.3) is 0 Å². The van der Waals surface area contributed by atoms with Gasteiger partial charge in [-0.1, -0.05) is 19.9 Å². The van der Waals surface area contributed by atoms with E-state index >= 15 is 0 Å². The molecule has 1 aromatic heterocycles. The summed E-state index contributed by atoms with van der Waals surface area (Å²) in [5.74, 6) is 0.776. The Morgan fingerprint density at radius 1 is 1.47 bits per heavy atom. The van der Waals surface area contributed by atoms with Gasteiger partial charge in [0.2, 0.25) is 0 Å². The Bertz CT molecular complexity index is 370. The molecule has 0 aromatic carbocycles. The monoisotopic (exact) mass is 280 g/mol. The second-order valence-electron chi connectivity index (χ2n) is 6.80. The van der Waals surface area contributed by atoms with Crippen LogP contribution in [0.2, 0.25) is 0 Å². The standard InChI is InChI=1S/C16H28N2S/c1-13(2)10-14-11-18(16(3,4)12-17-14)8-7-15-6-5-9-19-15/h5-6,9,13-14,17H,7-8,10-12H2,1-4H3. The molecule has 1 fully saturated rings. The third-order valence-electron chi connectivity index (χ3n) is 4.08. The maximum Gasteiger partial charge on any atom is 0.0278 e. The van der Waals surface area contributed by atoms with Crippen LogP contribution in [0.3, 0.4) is 0 Å². The van der Waals surface area contributed by atoms with Gasteiger partial charge in [0.05, 0.1) is 0 Å². The number of hydrogen-bond acceptors (Lipinski definition) is 3. The highest BCUT2D eigenvalue weighted by molar-refractivity contribution is 7.09. The van der Waals surface area contributed by atoms with Crippen LogP contribution in [0, 0.1) is 5.92 Å². The Balaban J connectivity index is 1.90. The minimum atomic E-state index is 0.282. The van der Waals surface area contributed by atoms with Gasteiger partial charge in [0.1, 0.15) is 0 Å². The van der Waals surface area contributed by atoms with Gasteiger partial charge >= 0.3 is 0 Å². The van der Waals surface area contributed by atoms with Crippen LogP contribution >= 0.6 is 11.3 Å². The Kier molecular flexibility index (Phi) is 5.04. The summed E-state index contributed by atoms with van der Waals surface area (Å²) in [4.78, 5) is 4.19. The maximum atomic E-state index is 3.72. The summed E-state index contributed by atoms with van der Waals surface area (Å²) in [5.41, 5.74) is 0.282. The molecule has 2 nitrogen and oxygen atoms in total. The molecule has 1 saturated heterocycles. The molecule has 1 aliphatic heterocycles. The summed E-state index contributed by atoms with van der Waals surface area (Å²) in [7, 11) is 0. The first kappa shape index (κ1) is 15.0. The molecule has 0 aliphatic carbocycles. The third kappa shape index (κ3) is 4.30. The fourth-order valence-electron chi connectivity index (χ4n) is 2.90. The van der Waals surface area contributed by atoms with Crippen LogP contribution < -0.4 is 5.32 Å². The molecule has 108 valence electrons. The molecule has 2 heterocycles. The zero-order chi connectivity index (χ0) is 13.9. The molecule has 1 unspecified atom stereocenters. The van der Waals surface area contributed by atoms with Crippen molar-refractivity contribution in [3.8, 4) is 0 Å². The van der Waals surface area contributed by atoms with Crippen molar-refractivity contribution < 1.29 is 0 Å². The molecule has 3 heteroatoms. The van der Waals surface area contributed by atoms with Crippen molar-refractivity contribution >= 4 is 11.3 Å². The Morgan fingerprint density at radius 2 is 2.26 bits per heavy atom. The predicted octanol–water partition coefficient (Wildman–Crippen LogP) is 3.39. The zero-order valence-electron chi connectivity index (χ0n) is 12.8. The van der Waals surface area contributed by atoms with Crippen LogP contribution in [0.15, 0.2) is 17.5 Å². The first-order valence-electron chi connectivity index (χ1n) is 7.48. The van der Waals surface area contributed by atoms with Gasteiger partial charge in [-0.3, -0.25) is 4.90 Å². The molecular formula is C16H28N2S. The van der Waals surface area contributed by atoms with E-state index in [4.69, 9.17) is 0 Å². The lowest BCUT2D eigenvalue weighted by atomic mass is 9.93. The number of nitrogens with one attached hydrogen (secondary N) is 1. The van der Waals surface area contributed by atoms with Crippen LogP contribution in [0.5, 0.6) is 0 Å². The van der Waals surface area contributed by atoms with Crippen LogP contribution in [-0.2, 0) is 6.42 Å². The minimum Gasteiger partial charge on any atom is -0.311 e. The summed E-state index contributed by atoms with van der Waals surface area (Å²) in [6.45, 7) is 12.8. The van der Waals surface area contributed by atoms with E-state index in [1.807, 2.05) is 11.3 Å². The lowest BCUT2D eigenvalue weighted by Crippen LogP contribution is -2.62. The third-order valence-corrected chi connectivity index (χ3v) is 5.02. The highest BCUT2D eigenvalue weighted by Crippen LogP contribution is 2.22. The van der Waals surface area contributed by atoms with E-state index in [2.05, 4.69) is 55.4 Å². The molecule has 0 saturated carbocycles. The summed E-state index contributed by atoms with van der Waals surface area (Å²) >= 11 is 1.88. The fraction of sp³-hybridized carbons (Fsp3) is 0.750. The van der Waals surface area contributed by atoms with Gasteiger partial charge in [-0.2, -0.15) is 0 Å². The summed E-state index contributed by atoms with van der Waals surface area (Å²) in [6.07, 6.45) is 2.47. The number of rotatable bonds is 5. The van der Waals surface area contributed by atoms with E-state index in [1.165, 1.54) is 30.8 Å². The Hall–Kier alpha value is -0.380. The quantitative estimate of drug-likeness (QED) is 0.889. The van der Waals surface area contributed by atoms with E-state index in [9.17, 15) is 0 Å². The van der Waals surface area contributed by atoms with E-state index in [0.29, 0.717) is 6.04 Å². The van der Waals surface area contributed by atoms with Gasteiger partial charge in [-0.05, 0) is 44.1 Å². The van der Waals surface area contributed by atoms with Crippen molar-refractivity contribution in [1.82, 2.24) is 10.2 Å². The molecule has 1 aliphatic rings. The molecule has 1 N–H and O–H groups in total. The summed E-state index contributed by atoms with van der Waals surface area (Å²) < 4.78 is 0. The number of thiophene rings is 1. The maximum absolute atomic E-state index is 3.72. The van der Waals surface area contributed by atoms with Gasteiger partial charge in [0, 0.05) is 36.1 Å². The van der Waals surface area contributed by atoms with Crippen LogP contribution in [-0.4, -0.2) is 36.1 Å². The Morgan fingerprint density at radius 3 is 2.89 bits per heavy atom. The molecule has 19 heavy (non-hydrogen) atoms. The zero-order valence-corrected chi connectivity index (χ0v) is 13.6. The molecule has 1 aromatic rings. The van der Waals surface area contributed by atoms with Crippen molar-refractivity contribution in [2.75, 3.05) is 19.6 Å². The van der Waals surface area contributed by atoms with Gasteiger partial charge in [-0.25, -0.2) is 0 Å². The van der Waals surface area contributed by atoms with Crippen molar-refractivity contribution in [1.29, 1.82) is 0 Å². The molecule has 1 atom stereocenters. The lowest BCUT2D eigenvalue weighted by Gasteiger charge is -2.46. The number of hydrogen-bond donors (Lipinski definition) is 1.